The summed E-state index contributed by atoms with van der Waals surface area (Å²) in [7, 11) is 5.16. The fourth-order valence-electron chi connectivity index (χ4n) is 4.29. The molecule has 0 bridgehead atoms. The number of nitrogens with zero attached hydrogens (tertiary/aromatic N) is 1. The molecule has 2 aliphatic rings. The minimum Gasteiger partial charge on any atom is -0.495 e. The van der Waals surface area contributed by atoms with Crippen molar-refractivity contribution in [3.05, 3.63) is 47.0 Å². The zero-order valence-corrected chi connectivity index (χ0v) is 18.7. The van der Waals surface area contributed by atoms with Gasteiger partial charge in [0.2, 0.25) is 0 Å². The van der Waals surface area contributed by atoms with Crippen LogP contribution in [0.2, 0.25) is 5.02 Å². The molecular formula is C22H28ClN2O3S+. The fourth-order valence-corrected chi connectivity index (χ4v) is 7.08. The van der Waals surface area contributed by atoms with Crippen LogP contribution in [0, 0.1) is 0 Å². The molecule has 0 aliphatic carbocycles. The topological polar surface area (TPSA) is 43.0 Å². The molecule has 0 radical (unpaired) electrons. The summed E-state index contributed by atoms with van der Waals surface area (Å²) >= 11 is 6.27. The predicted octanol–water partition coefficient (Wildman–Crippen LogP) is 3.37. The molecule has 1 N–H and O–H groups in total. The Bertz CT molecular complexity index is 866. The average Bonchev–Trinajstić information content (AvgIpc) is 2.78. The van der Waals surface area contributed by atoms with Gasteiger partial charge in [-0.05, 0) is 29.8 Å². The van der Waals surface area contributed by atoms with E-state index in [4.69, 9.17) is 25.8 Å². The zero-order chi connectivity index (χ0) is 20.4. The number of piperazine rings is 1. The van der Waals surface area contributed by atoms with Crippen molar-refractivity contribution in [2.75, 3.05) is 52.5 Å². The van der Waals surface area contributed by atoms with Gasteiger partial charge >= 0.3 is 0 Å². The zero-order valence-electron chi connectivity index (χ0n) is 17.1. The first-order valence-electron chi connectivity index (χ1n) is 9.84. The number of fused-ring (bicyclic) bond motifs is 1. The first-order valence-corrected chi connectivity index (χ1v) is 11.8. The minimum atomic E-state index is 0.115. The third kappa shape index (κ3) is 4.17. The van der Waals surface area contributed by atoms with Crippen LogP contribution >= 0.6 is 11.6 Å². The van der Waals surface area contributed by atoms with Crippen LogP contribution < -0.4 is 19.5 Å². The van der Waals surface area contributed by atoms with Crippen LogP contribution in [0.15, 0.2) is 41.3 Å². The van der Waals surface area contributed by atoms with Crippen molar-refractivity contribution in [3.8, 4) is 17.2 Å². The Balaban J connectivity index is 1.68. The summed E-state index contributed by atoms with van der Waals surface area (Å²) in [6.45, 7) is 3.12. The third-order valence-electron chi connectivity index (χ3n) is 5.80. The van der Waals surface area contributed by atoms with Crippen molar-refractivity contribution in [3.63, 3.8) is 0 Å². The third-order valence-corrected chi connectivity index (χ3v) is 8.54. The highest BCUT2D eigenvalue weighted by molar-refractivity contribution is 7.97. The van der Waals surface area contributed by atoms with Crippen molar-refractivity contribution in [1.29, 1.82) is 0 Å². The first-order chi connectivity index (χ1) is 14.1. The molecule has 0 spiro atoms. The molecular weight excluding hydrogens is 408 g/mol. The normalized spacial score (nSPS) is 24.6. The Morgan fingerprint density at radius 1 is 0.966 bits per heavy atom. The van der Waals surface area contributed by atoms with E-state index in [0.29, 0.717) is 17.1 Å². The quantitative estimate of drug-likeness (QED) is 0.729. The summed E-state index contributed by atoms with van der Waals surface area (Å²) in [6, 6.07) is 13.4. The highest BCUT2D eigenvalue weighted by atomic mass is 35.5. The molecule has 0 amide bonds. The number of hydrogen-bond donors (Lipinski definition) is 1. The van der Waals surface area contributed by atoms with Crippen molar-refractivity contribution in [1.82, 2.24) is 10.2 Å². The maximum Gasteiger partial charge on any atom is 0.161 e. The highest BCUT2D eigenvalue weighted by Crippen LogP contribution is 2.39. The lowest BCUT2D eigenvalue weighted by molar-refractivity contribution is 0.123. The van der Waals surface area contributed by atoms with E-state index in [1.807, 2.05) is 12.1 Å². The van der Waals surface area contributed by atoms with Crippen molar-refractivity contribution in [2.24, 2.45) is 0 Å². The Labute approximate surface area is 180 Å². The van der Waals surface area contributed by atoms with Gasteiger partial charge in [-0.3, -0.25) is 4.90 Å². The molecule has 156 valence electrons. The second-order valence-electron chi connectivity index (χ2n) is 7.35. The molecule has 2 aromatic carbocycles. The largest absolute Gasteiger partial charge is 0.495 e. The van der Waals surface area contributed by atoms with Gasteiger partial charge in [0.05, 0.1) is 38.4 Å². The van der Waals surface area contributed by atoms with E-state index < -0.39 is 0 Å². The van der Waals surface area contributed by atoms with Gasteiger partial charge in [-0.15, -0.1) is 0 Å². The molecule has 3 unspecified atom stereocenters. The van der Waals surface area contributed by atoms with E-state index in [0.717, 1.165) is 48.4 Å². The fraction of sp³-hybridized carbons (Fsp3) is 0.455. The van der Waals surface area contributed by atoms with Gasteiger partial charge in [0.1, 0.15) is 17.3 Å². The second-order valence-corrected chi connectivity index (χ2v) is 9.88. The molecule has 2 aliphatic heterocycles. The van der Waals surface area contributed by atoms with E-state index in [-0.39, 0.29) is 10.9 Å². The Morgan fingerprint density at radius 3 is 2.52 bits per heavy atom. The average molecular weight is 436 g/mol. The number of rotatable bonds is 5. The van der Waals surface area contributed by atoms with Crippen LogP contribution in [0.4, 0.5) is 0 Å². The van der Waals surface area contributed by atoms with E-state index in [9.17, 15) is 0 Å². The van der Waals surface area contributed by atoms with Gasteiger partial charge in [0.15, 0.2) is 16.4 Å². The van der Waals surface area contributed by atoms with Crippen LogP contribution in [-0.2, 0) is 10.9 Å². The molecule has 5 nitrogen and oxygen atoms in total. The maximum absolute atomic E-state index is 6.27. The number of ether oxygens (including phenoxy) is 3. The van der Waals surface area contributed by atoms with Gasteiger partial charge in [0, 0.05) is 36.6 Å². The summed E-state index contributed by atoms with van der Waals surface area (Å²) in [4.78, 5) is 3.98. The predicted molar refractivity (Wildman–Crippen MR) is 119 cm³/mol. The second kappa shape index (κ2) is 9.04. The lowest BCUT2D eigenvalue weighted by atomic mass is 10.0. The van der Waals surface area contributed by atoms with Gasteiger partial charge in [-0.1, -0.05) is 17.7 Å². The summed E-state index contributed by atoms with van der Waals surface area (Å²) in [6.07, 6.45) is 0. The lowest BCUT2D eigenvalue weighted by Crippen LogP contribution is -2.59. The standard InChI is InChI=1S/C22H28ClN2O3S/c1-26-20-7-4-15(10-22(20)28-3)19-14-29(13-16-12-24-8-9-25(16)19)17-5-6-18(23)21(11-17)27-2/h4-7,10-11,16,19,24H,8-9,12-14H2,1-3H3/q+1. The van der Waals surface area contributed by atoms with E-state index in [2.05, 4.69) is 34.5 Å². The first kappa shape index (κ1) is 20.7. The number of methoxy groups -OCH3 is 3. The Hall–Kier alpha value is -1.60. The minimum absolute atomic E-state index is 0.115. The van der Waals surface area contributed by atoms with Crippen LogP contribution in [0.5, 0.6) is 17.2 Å². The number of hydrogen-bond acceptors (Lipinski definition) is 5. The number of nitrogens with one attached hydrogen (secondary N) is 1. The van der Waals surface area contributed by atoms with Gasteiger partial charge in [-0.2, -0.15) is 0 Å². The van der Waals surface area contributed by atoms with Crippen molar-refractivity contribution in [2.45, 2.75) is 17.0 Å². The maximum atomic E-state index is 6.27. The molecule has 29 heavy (non-hydrogen) atoms. The highest BCUT2D eigenvalue weighted by Gasteiger charge is 2.44. The SMILES string of the molecule is COc1cc([S+]2CC3CNCCN3C(c3ccc(OC)c(OC)c3)C2)ccc1Cl. The number of halogens is 1. The molecule has 3 atom stereocenters. The Kier molecular flexibility index (Phi) is 6.44. The van der Waals surface area contributed by atoms with E-state index in [1.54, 1.807) is 21.3 Å². The van der Waals surface area contributed by atoms with Crippen LogP contribution in [0.1, 0.15) is 11.6 Å². The molecule has 2 fully saturated rings. The summed E-state index contributed by atoms with van der Waals surface area (Å²) in [5, 5.41) is 4.23. The van der Waals surface area contributed by atoms with Gasteiger partial charge < -0.3 is 19.5 Å². The summed E-state index contributed by atoms with van der Waals surface area (Å²) < 4.78 is 16.5. The molecule has 2 saturated heterocycles. The molecule has 0 saturated carbocycles. The molecule has 4 rings (SSSR count). The van der Waals surface area contributed by atoms with Gasteiger partial charge in [0.25, 0.3) is 0 Å². The van der Waals surface area contributed by atoms with Crippen LogP contribution in [0.3, 0.4) is 0 Å². The molecule has 0 aromatic heterocycles. The van der Waals surface area contributed by atoms with E-state index in [1.165, 1.54) is 10.5 Å². The molecule has 2 aromatic rings. The lowest BCUT2D eigenvalue weighted by Gasteiger charge is -2.44. The van der Waals surface area contributed by atoms with Crippen molar-refractivity contribution >= 4 is 22.5 Å². The molecule has 2 heterocycles. The molecule has 7 heteroatoms. The monoisotopic (exact) mass is 435 g/mol. The number of benzene rings is 2. The smallest absolute Gasteiger partial charge is 0.161 e. The van der Waals surface area contributed by atoms with E-state index >= 15 is 0 Å². The van der Waals surface area contributed by atoms with Crippen LogP contribution in [-0.4, -0.2) is 63.4 Å². The van der Waals surface area contributed by atoms with Crippen LogP contribution in [0.25, 0.3) is 0 Å². The van der Waals surface area contributed by atoms with Gasteiger partial charge in [-0.25, -0.2) is 0 Å². The Morgan fingerprint density at radius 2 is 1.76 bits per heavy atom. The van der Waals surface area contributed by atoms with Crippen molar-refractivity contribution < 1.29 is 14.2 Å². The summed E-state index contributed by atoms with van der Waals surface area (Å²) in [5.41, 5.74) is 1.28. The summed E-state index contributed by atoms with van der Waals surface area (Å²) in [5.74, 6) is 4.54.